The minimum absolute atomic E-state index is 0.00687. The summed E-state index contributed by atoms with van der Waals surface area (Å²) in [6.45, 7) is 5.67. The number of hydrogen-bond acceptors (Lipinski definition) is 3. The Hall–Kier alpha value is -3.57. The lowest BCUT2D eigenvalue weighted by Crippen LogP contribution is -2.26. The predicted octanol–water partition coefficient (Wildman–Crippen LogP) is 5.79. The van der Waals surface area contributed by atoms with Crippen LogP contribution in [0.1, 0.15) is 23.4 Å². The van der Waals surface area contributed by atoms with E-state index in [1.54, 1.807) is 12.1 Å². The zero-order chi connectivity index (χ0) is 24.5. The quantitative estimate of drug-likeness (QED) is 0.203. The van der Waals surface area contributed by atoms with Crippen molar-refractivity contribution in [2.24, 2.45) is 0 Å². The Labute approximate surface area is 211 Å². The van der Waals surface area contributed by atoms with Gasteiger partial charge in [0, 0.05) is 18.0 Å². The van der Waals surface area contributed by atoms with E-state index in [0.717, 1.165) is 53.0 Å². The summed E-state index contributed by atoms with van der Waals surface area (Å²) in [4.78, 5) is 17.1. The average Bonchev–Trinajstić information content (AvgIpc) is 3.22. The zero-order valence-corrected chi connectivity index (χ0v) is 20.5. The third-order valence-electron chi connectivity index (χ3n) is 5.82. The number of allylic oxidation sites excluding steroid dienone is 1. The number of nitrogens with zero attached hydrogens (tertiary/aromatic N) is 2. The highest BCUT2D eigenvalue weighted by molar-refractivity contribution is 6.30. The number of imidazole rings is 1. The number of amides is 1. The molecule has 0 saturated carbocycles. The van der Waals surface area contributed by atoms with E-state index < -0.39 is 0 Å². The molecule has 1 aromatic heterocycles. The van der Waals surface area contributed by atoms with Gasteiger partial charge in [-0.05, 0) is 54.3 Å². The Balaban J connectivity index is 1.33. The van der Waals surface area contributed by atoms with Crippen molar-refractivity contribution < 1.29 is 9.53 Å². The summed E-state index contributed by atoms with van der Waals surface area (Å²) in [7, 11) is 0. The van der Waals surface area contributed by atoms with Crippen molar-refractivity contribution in [3.63, 3.8) is 0 Å². The van der Waals surface area contributed by atoms with Gasteiger partial charge in [-0.3, -0.25) is 4.79 Å². The molecule has 1 amide bonds. The van der Waals surface area contributed by atoms with Crippen molar-refractivity contribution >= 4 is 28.5 Å². The first-order valence-corrected chi connectivity index (χ1v) is 12.3. The molecule has 0 radical (unpaired) electrons. The van der Waals surface area contributed by atoms with Crippen LogP contribution in [0.15, 0.2) is 85.5 Å². The van der Waals surface area contributed by atoms with Crippen LogP contribution in [0, 0.1) is 0 Å². The lowest BCUT2D eigenvalue weighted by molar-refractivity contribution is -0.120. The van der Waals surface area contributed by atoms with Crippen LogP contribution >= 0.6 is 11.6 Å². The molecule has 0 aliphatic heterocycles. The number of rotatable bonds is 12. The molecule has 0 saturated heterocycles. The molecule has 35 heavy (non-hydrogen) atoms. The van der Waals surface area contributed by atoms with Crippen LogP contribution in [0.25, 0.3) is 11.0 Å². The predicted molar refractivity (Wildman–Crippen MR) is 142 cm³/mol. The Kier molecular flexibility index (Phi) is 8.58. The molecule has 180 valence electrons. The van der Waals surface area contributed by atoms with E-state index >= 15 is 0 Å². The van der Waals surface area contributed by atoms with Gasteiger partial charge in [-0.2, -0.15) is 0 Å². The molecule has 0 aliphatic carbocycles. The summed E-state index contributed by atoms with van der Waals surface area (Å²) >= 11 is 5.91. The molecule has 0 aliphatic rings. The number of nitrogens with one attached hydrogen (secondary N) is 1. The monoisotopic (exact) mass is 487 g/mol. The first-order valence-electron chi connectivity index (χ1n) is 11.9. The summed E-state index contributed by atoms with van der Waals surface area (Å²) in [6, 6.07) is 23.6. The van der Waals surface area contributed by atoms with Gasteiger partial charge in [0.25, 0.3) is 0 Å². The number of aryl methyl sites for hydroxylation is 1. The van der Waals surface area contributed by atoms with Crippen LogP contribution in [-0.4, -0.2) is 28.6 Å². The van der Waals surface area contributed by atoms with E-state index in [1.165, 1.54) is 0 Å². The minimum atomic E-state index is 0.00687. The van der Waals surface area contributed by atoms with Crippen LogP contribution < -0.4 is 10.1 Å². The number of carbonyl (C=O) groups is 1. The molecule has 0 spiro atoms. The maximum Gasteiger partial charge on any atom is 0.224 e. The SMILES string of the molecule is C=CCc1ccccc1OCCn1c(CCCNC(=O)Cc2ccc(Cl)cc2)nc2ccccc21. The highest BCUT2D eigenvalue weighted by Gasteiger charge is 2.11. The van der Waals surface area contributed by atoms with Gasteiger partial charge >= 0.3 is 0 Å². The fourth-order valence-electron chi connectivity index (χ4n) is 4.11. The van der Waals surface area contributed by atoms with E-state index in [9.17, 15) is 4.79 Å². The van der Waals surface area contributed by atoms with Gasteiger partial charge < -0.3 is 14.6 Å². The van der Waals surface area contributed by atoms with E-state index in [1.807, 2.05) is 54.6 Å². The Morgan fingerprint density at radius 3 is 2.66 bits per heavy atom. The Morgan fingerprint density at radius 1 is 1.06 bits per heavy atom. The first-order chi connectivity index (χ1) is 17.1. The van der Waals surface area contributed by atoms with E-state index in [0.29, 0.717) is 31.1 Å². The van der Waals surface area contributed by atoms with Gasteiger partial charge in [-0.15, -0.1) is 6.58 Å². The number of ether oxygens (including phenoxy) is 1. The van der Waals surface area contributed by atoms with Crippen molar-refractivity contribution in [3.05, 3.63) is 107 Å². The molecule has 0 bridgehead atoms. The van der Waals surface area contributed by atoms with Crippen LogP contribution in [0.4, 0.5) is 0 Å². The maximum absolute atomic E-state index is 12.3. The van der Waals surface area contributed by atoms with Crippen LogP contribution in [0.2, 0.25) is 5.02 Å². The molecule has 0 fully saturated rings. The van der Waals surface area contributed by atoms with Gasteiger partial charge in [0.15, 0.2) is 0 Å². The largest absolute Gasteiger partial charge is 0.491 e. The molecule has 0 unspecified atom stereocenters. The van der Waals surface area contributed by atoms with Crippen molar-refractivity contribution in [1.29, 1.82) is 0 Å². The average molecular weight is 488 g/mol. The first kappa shape index (κ1) is 24.6. The van der Waals surface area contributed by atoms with Crippen molar-refractivity contribution in [3.8, 4) is 5.75 Å². The number of fused-ring (bicyclic) bond motifs is 1. The van der Waals surface area contributed by atoms with Gasteiger partial charge in [0.1, 0.15) is 18.2 Å². The number of para-hydroxylation sites is 3. The van der Waals surface area contributed by atoms with E-state index in [2.05, 4.69) is 28.6 Å². The summed E-state index contributed by atoms with van der Waals surface area (Å²) in [5, 5.41) is 3.68. The van der Waals surface area contributed by atoms with Crippen LogP contribution in [0.3, 0.4) is 0 Å². The smallest absolute Gasteiger partial charge is 0.224 e. The van der Waals surface area contributed by atoms with Gasteiger partial charge in [0.05, 0.1) is 24.0 Å². The standard InChI is InChI=1S/C29H30ClN3O2/c1-2-8-23-9-3-6-12-27(23)35-20-19-33-26-11-5-4-10-25(26)32-28(33)13-7-18-31-29(34)21-22-14-16-24(30)17-15-22/h2-6,9-12,14-17H,1,7-8,13,18-21H2,(H,31,34). The van der Waals surface area contributed by atoms with E-state index in [-0.39, 0.29) is 5.91 Å². The van der Waals surface area contributed by atoms with E-state index in [4.69, 9.17) is 21.3 Å². The molecule has 0 atom stereocenters. The molecule has 4 rings (SSSR count). The number of hydrogen-bond donors (Lipinski definition) is 1. The molecule has 4 aromatic rings. The number of benzene rings is 3. The number of aromatic nitrogens is 2. The topological polar surface area (TPSA) is 56.1 Å². The highest BCUT2D eigenvalue weighted by atomic mass is 35.5. The second-order valence-electron chi connectivity index (χ2n) is 8.37. The second-order valence-corrected chi connectivity index (χ2v) is 8.81. The van der Waals surface area contributed by atoms with Crippen LogP contribution in [-0.2, 0) is 30.6 Å². The lowest BCUT2D eigenvalue weighted by Gasteiger charge is -2.13. The third kappa shape index (κ3) is 6.74. The number of halogens is 1. The summed E-state index contributed by atoms with van der Waals surface area (Å²) in [5.74, 6) is 1.90. The van der Waals surface area contributed by atoms with Gasteiger partial charge in [-0.25, -0.2) is 4.98 Å². The van der Waals surface area contributed by atoms with Crippen LogP contribution in [0.5, 0.6) is 5.75 Å². The summed E-state index contributed by atoms with van der Waals surface area (Å²) in [5.41, 5.74) is 4.15. The van der Waals surface area contributed by atoms with Crippen molar-refractivity contribution in [1.82, 2.24) is 14.9 Å². The van der Waals surface area contributed by atoms with Gasteiger partial charge in [-0.1, -0.05) is 60.1 Å². The third-order valence-corrected chi connectivity index (χ3v) is 6.07. The molecule has 1 heterocycles. The molecular weight excluding hydrogens is 458 g/mol. The lowest BCUT2D eigenvalue weighted by atomic mass is 10.1. The number of carbonyl (C=O) groups excluding carboxylic acids is 1. The fourth-order valence-corrected chi connectivity index (χ4v) is 4.23. The Bertz CT molecular complexity index is 1280. The molecule has 6 heteroatoms. The second kappa shape index (κ2) is 12.2. The zero-order valence-electron chi connectivity index (χ0n) is 19.8. The Morgan fingerprint density at radius 2 is 1.83 bits per heavy atom. The van der Waals surface area contributed by atoms with Crippen molar-refractivity contribution in [2.45, 2.75) is 32.2 Å². The summed E-state index contributed by atoms with van der Waals surface area (Å²) in [6.07, 6.45) is 4.58. The molecule has 5 nitrogen and oxygen atoms in total. The molecule has 1 N–H and O–H groups in total. The normalized spacial score (nSPS) is 10.9. The van der Waals surface area contributed by atoms with Crippen molar-refractivity contribution in [2.75, 3.05) is 13.2 Å². The highest BCUT2D eigenvalue weighted by Crippen LogP contribution is 2.20. The van der Waals surface area contributed by atoms with Gasteiger partial charge in [0.2, 0.25) is 5.91 Å². The summed E-state index contributed by atoms with van der Waals surface area (Å²) < 4.78 is 8.35. The molecule has 3 aromatic carbocycles. The fraction of sp³-hybridized carbons (Fsp3) is 0.241. The maximum atomic E-state index is 12.3. The minimum Gasteiger partial charge on any atom is -0.491 e. The molecular formula is C29H30ClN3O2.